The maximum absolute atomic E-state index is 11.4. The van der Waals surface area contributed by atoms with Crippen molar-refractivity contribution in [3.8, 4) is 0 Å². The van der Waals surface area contributed by atoms with Gasteiger partial charge in [0.05, 0.1) is 19.3 Å². The van der Waals surface area contributed by atoms with Gasteiger partial charge in [-0.25, -0.2) is 4.79 Å². The van der Waals surface area contributed by atoms with E-state index in [0.29, 0.717) is 0 Å². The summed E-state index contributed by atoms with van der Waals surface area (Å²) in [5, 5.41) is 0. The van der Waals surface area contributed by atoms with Gasteiger partial charge in [0.1, 0.15) is 0 Å². The van der Waals surface area contributed by atoms with Gasteiger partial charge in [0, 0.05) is 6.92 Å². The molecule has 4 nitrogen and oxygen atoms in total. The lowest BCUT2D eigenvalue weighted by molar-refractivity contribution is -0.205. The number of rotatable bonds is 1. The molecule has 0 radical (unpaired) electrons. The topological polar surface area (TPSA) is 44.8 Å². The fraction of sp³-hybridized carbons (Fsp3) is 0.900. The van der Waals surface area contributed by atoms with Crippen LogP contribution in [0, 0.1) is 0 Å². The number of carbonyl (C=O) groups is 1. The summed E-state index contributed by atoms with van der Waals surface area (Å²) in [6.07, 6.45) is 4.43. The first-order valence-corrected chi connectivity index (χ1v) is 5.10. The average molecular weight is 200 g/mol. The van der Waals surface area contributed by atoms with Crippen LogP contribution in [0.4, 0.5) is 0 Å². The molecule has 0 aromatic rings. The lowest BCUT2D eigenvalue weighted by Gasteiger charge is -2.20. The predicted molar refractivity (Wildman–Crippen MR) is 48.6 cm³/mol. The van der Waals surface area contributed by atoms with Gasteiger partial charge < -0.3 is 14.2 Å². The molecule has 4 heteroatoms. The highest BCUT2D eigenvalue weighted by molar-refractivity contribution is 5.77. The van der Waals surface area contributed by atoms with Crippen LogP contribution in [0.25, 0.3) is 0 Å². The summed E-state index contributed by atoms with van der Waals surface area (Å²) < 4.78 is 15.9. The van der Waals surface area contributed by atoms with E-state index in [1.165, 1.54) is 7.11 Å². The first-order chi connectivity index (χ1) is 6.65. The minimum absolute atomic E-state index is 0.0767. The van der Waals surface area contributed by atoms with E-state index in [2.05, 4.69) is 4.74 Å². The van der Waals surface area contributed by atoms with Crippen LogP contribution in [0.3, 0.4) is 0 Å². The van der Waals surface area contributed by atoms with Gasteiger partial charge >= 0.3 is 5.97 Å². The van der Waals surface area contributed by atoms with Crippen molar-refractivity contribution in [3.63, 3.8) is 0 Å². The highest BCUT2D eigenvalue weighted by atomic mass is 16.8. The smallest absolute Gasteiger partial charge is 0.366 e. The molecule has 0 spiro atoms. The molecule has 2 aliphatic rings. The fourth-order valence-corrected chi connectivity index (χ4v) is 2.22. The third-order valence-corrected chi connectivity index (χ3v) is 2.95. The fourth-order valence-electron chi connectivity index (χ4n) is 2.22. The van der Waals surface area contributed by atoms with Crippen LogP contribution in [0.5, 0.6) is 0 Å². The Kier molecular flexibility index (Phi) is 2.49. The van der Waals surface area contributed by atoms with Crippen molar-refractivity contribution >= 4 is 5.97 Å². The largest absolute Gasteiger partial charge is 0.465 e. The van der Waals surface area contributed by atoms with Crippen molar-refractivity contribution in [2.75, 3.05) is 7.11 Å². The molecular formula is C10H16O4. The second kappa shape index (κ2) is 3.51. The average Bonchev–Trinajstić information content (AvgIpc) is 2.54. The Morgan fingerprint density at radius 3 is 2.21 bits per heavy atom. The van der Waals surface area contributed by atoms with Crippen LogP contribution < -0.4 is 0 Å². The summed E-state index contributed by atoms with van der Waals surface area (Å²) >= 11 is 0. The Morgan fingerprint density at radius 1 is 1.29 bits per heavy atom. The molecule has 0 amide bonds. The maximum atomic E-state index is 11.4. The zero-order valence-electron chi connectivity index (χ0n) is 8.62. The molecule has 0 bridgehead atoms. The predicted octanol–water partition coefficient (Wildman–Crippen LogP) is 1.23. The summed E-state index contributed by atoms with van der Waals surface area (Å²) in [6, 6.07) is 0. The van der Waals surface area contributed by atoms with Crippen LogP contribution in [-0.2, 0) is 19.0 Å². The number of esters is 1. The molecule has 2 unspecified atom stereocenters. The molecule has 0 aromatic heterocycles. The standard InChI is InChI=1S/C10H16O4/c1-10(9(11)12-2)13-7-5-3-4-6-8(7)14-10/h7-8H,3-6H2,1-2H3. The lowest BCUT2D eigenvalue weighted by Crippen LogP contribution is -2.38. The van der Waals surface area contributed by atoms with Crippen molar-refractivity contribution in [1.82, 2.24) is 0 Å². The molecule has 2 rings (SSSR count). The highest BCUT2D eigenvalue weighted by Gasteiger charge is 2.50. The van der Waals surface area contributed by atoms with Gasteiger partial charge in [-0.2, -0.15) is 0 Å². The molecular weight excluding hydrogens is 184 g/mol. The second-order valence-corrected chi connectivity index (χ2v) is 4.03. The van der Waals surface area contributed by atoms with E-state index in [0.717, 1.165) is 25.7 Å². The van der Waals surface area contributed by atoms with E-state index in [1.807, 2.05) is 0 Å². The Balaban J connectivity index is 2.07. The molecule has 14 heavy (non-hydrogen) atoms. The quantitative estimate of drug-likeness (QED) is 0.597. The van der Waals surface area contributed by atoms with Crippen LogP contribution in [0.2, 0.25) is 0 Å². The minimum Gasteiger partial charge on any atom is -0.465 e. The summed E-state index contributed by atoms with van der Waals surface area (Å²) in [5.74, 6) is -1.61. The molecule has 1 heterocycles. The van der Waals surface area contributed by atoms with Gasteiger partial charge in [0.25, 0.3) is 5.79 Å². The van der Waals surface area contributed by atoms with Crippen LogP contribution in [0.15, 0.2) is 0 Å². The molecule has 1 aliphatic carbocycles. The molecule has 80 valence electrons. The van der Waals surface area contributed by atoms with E-state index < -0.39 is 11.8 Å². The number of methoxy groups -OCH3 is 1. The summed E-state index contributed by atoms with van der Waals surface area (Å²) in [4.78, 5) is 11.4. The van der Waals surface area contributed by atoms with Gasteiger partial charge in [-0.05, 0) is 12.8 Å². The van der Waals surface area contributed by atoms with Gasteiger partial charge in [0.2, 0.25) is 0 Å². The zero-order chi connectivity index (χ0) is 10.2. The molecule has 1 saturated heterocycles. The number of hydrogen-bond acceptors (Lipinski definition) is 4. The molecule has 1 aliphatic heterocycles. The van der Waals surface area contributed by atoms with Crippen molar-refractivity contribution in [2.24, 2.45) is 0 Å². The van der Waals surface area contributed by atoms with Crippen molar-refractivity contribution in [3.05, 3.63) is 0 Å². The summed E-state index contributed by atoms with van der Waals surface area (Å²) in [6.45, 7) is 1.64. The second-order valence-electron chi connectivity index (χ2n) is 4.03. The minimum atomic E-state index is -1.17. The van der Waals surface area contributed by atoms with Crippen LogP contribution in [0.1, 0.15) is 32.6 Å². The molecule has 0 aromatic carbocycles. The maximum Gasteiger partial charge on any atom is 0.366 e. The Morgan fingerprint density at radius 2 is 1.79 bits per heavy atom. The third-order valence-electron chi connectivity index (χ3n) is 2.95. The molecule has 1 saturated carbocycles. The Labute approximate surface area is 83.5 Å². The molecule has 2 fully saturated rings. The van der Waals surface area contributed by atoms with Crippen molar-refractivity contribution in [1.29, 1.82) is 0 Å². The SMILES string of the molecule is COC(=O)C1(C)OC2CCCCC2O1. The summed E-state index contributed by atoms with van der Waals surface area (Å²) in [5.41, 5.74) is 0. The first kappa shape index (κ1) is 9.93. The lowest BCUT2D eigenvalue weighted by atomic mass is 9.95. The number of ether oxygens (including phenoxy) is 3. The third kappa shape index (κ3) is 1.53. The van der Waals surface area contributed by atoms with Crippen LogP contribution >= 0.6 is 0 Å². The highest BCUT2D eigenvalue weighted by Crippen LogP contribution is 2.37. The molecule has 2 atom stereocenters. The monoisotopic (exact) mass is 200 g/mol. The number of hydrogen-bond donors (Lipinski definition) is 0. The van der Waals surface area contributed by atoms with Crippen molar-refractivity contribution in [2.45, 2.75) is 50.6 Å². The van der Waals surface area contributed by atoms with Crippen LogP contribution in [-0.4, -0.2) is 31.1 Å². The first-order valence-electron chi connectivity index (χ1n) is 5.10. The Bertz CT molecular complexity index is 224. The normalized spacial score (nSPS) is 41.9. The van der Waals surface area contributed by atoms with E-state index in [9.17, 15) is 4.79 Å². The Hall–Kier alpha value is -0.610. The zero-order valence-corrected chi connectivity index (χ0v) is 8.62. The van der Waals surface area contributed by atoms with E-state index in [4.69, 9.17) is 9.47 Å². The van der Waals surface area contributed by atoms with Gasteiger partial charge in [-0.1, -0.05) is 12.8 Å². The van der Waals surface area contributed by atoms with E-state index >= 15 is 0 Å². The number of fused-ring (bicyclic) bond motifs is 1. The van der Waals surface area contributed by atoms with Crippen molar-refractivity contribution < 1.29 is 19.0 Å². The van der Waals surface area contributed by atoms with E-state index in [-0.39, 0.29) is 12.2 Å². The summed E-state index contributed by atoms with van der Waals surface area (Å²) in [7, 11) is 1.35. The van der Waals surface area contributed by atoms with Gasteiger partial charge in [0.15, 0.2) is 0 Å². The molecule has 0 N–H and O–H groups in total. The number of carbonyl (C=O) groups excluding carboxylic acids is 1. The van der Waals surface area contributed by atoms with Gasteiger partial charge in [-0.15, -0.1) is 0 Å². The van der Waals surface area contributed by atoms with Gasteiger partial charge in [-0.3, -0.25) is 0 Å². The van der Waals surface area contributed by atoms with E-state index in [1.54, 1.807) is 6.92 Å².